The highest BCUT2D eigenvalue weighted by Gasteiger charge is 2.06. The van der Waals surface area contributed by atoms with Gasteiger partial charge >= 0.3 is 0 Å². The van der Waals surface area contributed by atoms with Crippen molar-refractivity contribution in [3.8, 4) is 0 Å². The normalized spacial score (nSPS) is 10.1. The molecule has 2 aromatic rings. The molecule has 0 saturated carbocycles. The van der Waals surface area contributed by atoms with Crippen molar-refractivity contribution in [3.63, 3.8) is 0 Å². The van der Waals surface area contributed by atoms with E-state index in [9.17, 15) is 4.79 Å². The zero-order chi connectivity index (χ0) is 15.9. The van der Waals surface area contributed by atoms with Gasteiger partial charge in [-0.05, 0) is 55.4 Å². The van der Waals surface area contributed by atoms with E-state index >= 15 is 0 Å². The van der Waals surface area contributed by atoms with Gasteiger partial charge in [-0.25, -0.2) is 0 Å². The van der Waals surface area contributed by atoms with E-state index in [1.807, 2.05) is 31.2 Å². The molecule has 0 saturated heterocycles. The number of rotatable bonds is 4. The van der Waals surface area contributed by atoms with Gasteiger partial charge in [-0.1, -0.05) is 45.8 Å². The number of carbonyl (C=O) groups is 1. The lowest BCUT2D eigenvalue weighted by atomic mass is 10.1. The summed E-state index contributed by atoms with van der Waals surface area (Å²) in [6.45, 7) is 2.65. The van der Waals surface area contributed by atoms with Crippen LogP contribution in [0.25, 0.3) is 0 Å². The van der Waals surface area contributed by atoms with Crippen molar-refractivity contribution in [2.45, 2.75) is 13.3 Å². The fourth-order valence-electron chi connectivity index (χ4n) is 1.94. The van der Waals surface area contributed by atoms with E-state index in [2.05, 4.69) is 38.7 Å². The molecule has 114 valence electrons. The Morgan fingerprint density at radius 2 is 1.91 bits per heavy atom. The number of nitrogens with one attached hydrogen (secondary N) is 2. The highest BCUT2D eigenvalue weighted by atomic mass is 79.9. The molecule has 2 N–H and O–H groups in total. The molecule has 0 aliphatic carbocycles. The van der Waals surface area contributed by atoms with Crippen LogP contribution >= 0.6 is 28.1 Å². The van der Waals surface area contributed by atoms with Gasteiger partial charge in [0.05, 0.1) is 0 Å². The van der Waals surface area contributed by atoms with Gasteiger partial charge in [0.25, 0.3) is 5.91 Å². The molecule has 0 spiro atoms. The van der Waals surface area contributed by atoms with E-state index in [-0.39, 0.29) is 5.91 Å². The van der Waals surface area contributed by atoms with Gasteiger partial charge in [-0.3, -0.25) is 10.1 Å². The summed E-state index contributed by atoms with van der Waals surface area (Å²) < 4.78 is 1.06. The van der Waals surface area contributed by atoms with Crippen molar-refractivity contribution in [2.75, 3.05) is 6.54 Å². The summed E-state index contributed by atoms with van der Waals surface area (Å²) in [5.41, 5.74) is 2.92. The summed E-state index contributed by atoms with van der Waals surface area (Å²) in [5, 5.41) is 6.08. The Morgan fingerprint density at radius 1 is 1.18 bits per heavy atom. The number of amides is 1. The fourth-order valence-corrected chi connectivity index (χ4v) is 2.58. The average Bonchev–Trinajstić information content (AvgIpc) is 2.48. The SMILES string of the molecule is Cc1ccc(C(=O)NC(=S)NCCc2cccc(Br)c2)cc1. The molecule has 1 amide bonds. The highest BCUT2D eigenvalue weighted by Crippen LogP contribution is 2.11. The molecule has 0 bridgehead atoms. The molecule has 0 aromatic heterocycles. The van der Waals surface area contributed by atoms with Crippen molar-refractivity contribution in [1.29, 1.82) is 0 Å². The number of aryl methyl sites for hydroxylation is 1. The Bertz CT molecular complexity index is 671. The zero-order valence-corrected chi connectivity index (χ0v) is 14.6. The van der Waals surface area contributed by atoms with Crippen molar-refractivity contribution in [2.24, 2.45) is 0 Å². The van der Waals surface area contributed by atoms with E-state index in [4.69, 9.17) is 12.2 Å². The van der Waals surface area contributed by atoms with Crippen LogP contribution in [0, 0.1) is 6.92 Å². The number of benzene rings is 2. The lowest BCUT2D eigenvalue weighted by molar-refractivity contribution is 0.0976. The molecule has 0 heterocycles. The number of halogens is 1. The molecule has 0 aliphatic heterocycles. The Labute approximate surface area is 144 Å². The molecule has 22 heavy (non-hydrogen) atoms. The third kappa shape index (κ3) is 5.24. The van der Waals surface area contributed by atoms with Crippen LogP contribution in [0.1, 0.15) is 21.5 Å². The molecule has 0 fully saturated rings. The van der Waals surface area contributed by atoms with Crippen LogP contribution in [0.2, 0.25) is 0 Å². The monoisotopic (exact) mass is 376 g/mol. The Balaban J connectivity index is 1.78. The first-order valence-electron chi connectivity index (χ1n) is 6.95. The fraction of sp³-hybridized carbons (Fsp3) is 0.176. The predicted molar refractivity (Wildman–Crippen MR) is 97.1 cm³/mol. The van der Waals surface area contributed by atoms with Crippen molar-refractivity contribution < 1.29 is 4.79 Å². The first kappa shape index (κ1) is 16.6. The van der Waals surface area contributed by atoms with E-state index in [1.54, 1.807) is 12.1 Å². The second kappa shape index (κ2) is 8.06. The van der Waals surface area contributed by atoms with E-state index in [1.165, 1.54) is 5.56 Å². The van der Waals surface area contributed by atoms with Gasteiger partial charge in [0.15, 0.2) is 5.11 Å². The summed E-state index contributed by atoms with van der Waals surface area (Å²) in [5.74, 6) is -0.194. The molecule has 3 nitrogen and oxygen atoms in total. The quantitative estimate of drug-likeness (QED) is 0.800. The van der Waals surface area contributed by atoms with Crippen molar-refractivity contribution in [3.05, 3.63) is 69.7 Å². The molecule has 0 unspecified atom stereocenters. The number of carbonyl (C=O) groups excluding carboxylic acids is 1. The minimum Gasteiger partial charge on any atom is -0.362 e. The van der Waals surface area contributed by atoms with Crippen LogP contribution in [0.5, 0.6) is 0 Å². The largest absolute Gasteiger partial charge is 0.362 e. The van der Waals surface area contributed by atoms with Gasteiger partial charge < -0.3 is 5.32 Å². The maximum Gasteiger partial charge on any atom is 0.257 e. The summed E-state index contributed by atoms with van der Waals surface area (Å²) >= 11 is 8.59. The van der Waals surface area contributed by atoms with Gasteiger partial charge in [0, 0.05) is 16.6 Å². The highest BCUT2D eigenvalue weighted by molar-refractivity contribution is 9.10. The topological polar surface area (TPSA) is 41.1 Å². The third-order valence-corrected chi connectivity index (χ3v) is 3.87. The van der Waals surface area contributed by atoms with Gasteiger partial charge in [-0.2, -0.15) is 0 Å². The average molecular weight is 377 g/mol. The molecular weight excluding hydrogens is 360 g/mol. The molecule has 0 radical (unpaired) electrons. The second-order valence-corrected chi connectivity index (χ2v) is 6.28. The minimum absolute atomic E-state index is 0.194. The van der Waals surface area contributed by atoms with Crippen LogP contribution in [-0.2, 0) is 6.42 Å². The first-order valence-corrected chi connectivity index (χ1v) is 8.15. The summed E-state index contributed by atoms with van der Waals surface area (Å²) in [7, 11) is 0. The van der Waals surface area contributed by atoms with E-state index < -0.39 is 0 Å². The molecule has 2 rings (SSSR count). The standard InChI is InChI=1S/C17H17BrN2OS/c1-12-5-7-14(8-6-12)16(21)20-17(22)19-10-9-13-3-2-4-15(18)11-13/h2-8,11H,9-10H2,1H3,(H2,19,20,21,22). The Kier molecular flexibility index (Phi) is 6.10. The number of hydrogen-bond acceptors (Lipinski definition) is 2. The second-order valence-electron chi connectivity index (χ2n) is 4.96. The number of thiocarbonyl (C=S) groups is 1. The minimum atomic E-state index is -0.194. The van der Waals surface area contributed by atoms with Crippen molar-refractivity contribution in [1.82, 2.24) is 10.6 Å². The Morgan fingerprint density at radius 3 is 2.59 bits per heavy atom. The lowest BCUT2D eigenvalue weighted by Gasteiger charge is -2.10. The van der Waals surface area contributed by atoms with Gasteiger partial charge in [0.1, 0.15) is 0 Å². The van der Waals surface area contributed by atoms with Crippen LogP contribution in [0.3, 0.4) is 0 Å². The van der Waals surface area contributed by atoms with Crippen LogP contribution in [0.4, 0.5) is 0 Å². The molecule has 2 aromatic carbocycles. The van der Waals surface area contributed by atoms with E-state index in [0.717, 1.165) is 16.5 Å². The smallest absolute Gasteiger partial charge is 0.257 e. The summed E-state index contributed by atoms with van der Waals surface area (Å²) in [6.07, 6.45) is 0.833. The maximum atomic E-state index is 12.0. The molecular formula is C17H17BrN2OS. The first-order chi connectivity index (χ1) is 10.5. The van der Waals surface area contributed by atoms with E-state index in [0.29, 0.717) is 17.2 Å². The van der Waals surface area contributed by atoms with Crippen molar-refractivity contribution >= 4 is 39.2 Å². The summed E-state index contributed by atoms with van der Waals surface area (Å²) in [6, 6.07) is 15.5. The molecule has 0 aliphatic rings. The van der Waals surface area contributed by atoms with Crippen LogP contribution < -0.4 is 10.6 Å². The van der Waals surface area contributed by atoms with Gasteiger partial charge in [-0.15, -0.1) is 0 Å². The number of hydrogen-bond donors (Lipinski definition) is 2. The lowest BCUT2D eigenvalue weighted by Crippen LogP contribution is -2.40. The maximum absolute atomic E-state index is 12.0. The van der Waals surface area contributed by atoms with Crippen LogP contribution in [0.15, 0.2) is 53.0 Å². The molecule has 0 atom stereocenters. The summed E-state index contributed by atoms with van der Waals surface area (Å²) in [4.78, 5) is 12.0. The zero-order valence-electron chi connectivity index (χ0n) is 12.2. The third-order valence-electron chi connectivity index (χ3n) is 3.13. The predicted octanol–water partition coefficient (Wildman–Crippen LogP) is 3.60. The molecule has 5 heteroatoms. The van der Waals surface area contributed by atoms with Gasteiger partial charge in [0.2, 0.25) is 0 Å². The Hall–Kier alpha value is -1.72. The van der Waals surface area contributed by atoms with Crippen LogP contribution in [-0.4, -0.2) is 17.6 Å².